The molecule has 0 fully saturated rings. The third kappa shape index (κ3) is 6.59. The highest BCUT2D eigenvalue weighted by molar-refractivity contribution is 6.34. The van der Waals surface area contributed by atoms with Gasteiger partial charge in [-0.25, -0.2) is 4.79 Å². The first kappa shape index (κ1) is 32.6. The van der Waals surface area contributed by atoms with E-state index in [9.17, 15) is 27.6 Å². The lowest BCUT2D eigenvalue weighted by atomic mass is 9.92. The molecular weight excluding hydrogens is 583 g/mol. The summed E-state index contributed by atoms with van der Waals surface area (Å²) in [5.41, 5.74) is 1.50. The van der Waals surface area contributed by atoms with Crippen molar-refractivity contribution in [1.29, 1.82) is 0 Å². The predicted octanol–water partition coefficient (Wildman–Crippen LogP) is 6.13. The summed E-state index contributed by atoms with van der Waals surface area (Å²) in [5, 5.41) is 0.0662. The fraction of sp³-hybridized carbons (Fsp3) is 0.414. The molecule has 0 radical (unpaired) electrons. The van der Waals surface area contributed by atoms with E-state index in [1.165, 1.54) is 34.3 Å². The standard InChI is InChI=1S/C29H31ClF3NO8/c1-7-34(28(37)29(31,32)33)24-17(25(39-5)16(3)18-14-41-27(36)22(18)24)10-8-15(2)9-13-21(35)42-19-11-12-20(38-4)26(40-6)23(19)30/h8,11-12H,7,9-10,13-14H2,1-6H3. The third-order valence-corrected chi connectivity index (χ3v) is 7.13. The number of esters is 2. The maximum Gasteiger partial charge on any atom is 0.471 e. The molecule has 0 spiro atoms. The lowest BCUT2D eigenvalue weighted by Gasteiger charge is -2.28. The first-order chi connectivity index (χ1) is 19.8. The van der Waals surface area contributed by atoms with Crippen molar-refractivity contribution < 1.29 is 51.2 Å². The zero-order valence-corrected chi connectivity index (χ0v) is 24.7. The average Bonchev–Trinajstić information content (AvgIpc) is 3.34. The van der Waals surface area contributed by atoms with Gasteiger partial charge in [0.05, 0.1) is 32.6 Å². The highest BCUT2D eigenvalue weighted by Gasteiger charge is 2.45. The minimum absolute atomic E-state index is 0.00390. The molecule has 1 aliphatic heterocycles. The van der Waals surface area contributed by atoms with E-state index in [-0.39, 0.29) is 71.5 Å². The van der Waals surface area contributed by atoms with Crippen molar-refractivity contribution in [3.05, 3.63) is 51.1 Å². The molecule has 42 heavy (non-hydrogen) atoms. The van der Waals surface area contributed by atoms with Crippen LogP contribution in [0.5, 0.6) is 23.0 Å². The molecule has 0 aromatic heterocycles. The van der Waals surface area contributed by atoms with Crippen molar-refractivity contribution in [1.82, 2.24) is 0 Å². The first-order valence-corrected chi connectivity index (χ1v) is 13.2. The summed E-state index contributed by atoms with van der Waals surface area (Å²) < 4.78 is 67.1. The molecule has 2 aromatic carbocycles. The van der Waals surface area contributed by atoms with E-state index < -0.39 is 24.0 Å². The molecule has 1 amide bonds. The van der Waals surface area contributed by atoms with Crippen LogP contribution in [0, 0.1) is 6.92 Å². The van der Waals surface area contributed by atoms with Gasteiger partial charge in [0, 0.05) is 24.1 Å². The maximum absolute atomic E-state index is 13.6. The Morgan fingerprint density at radius 1 is 1.07 bits per heavy atom. The number of anilines is 1. The van der Waals surface area contributed by atoms with Crippen LogP contribution in [0.15, 0.2) is 23.8 Å². The van der Waals surface area contributed by atoms with E-state index >= 15 is 0 Å². The molecule has 13 heteroatoms. The molecular formula is C29H31ClF3NO8. The number of amides is 1. The van der Waals surface area contributed by atoms with Gasteiger partial charge in [-0.05, 0) is 51.3 Å². The number of benzene rings is 2. The fourth-order valence-corrected chi connectivity index (χ4v) is 4.96. The van der Waals surface area contributed by atoms with Crippen LogP contribution in [0.4, 0.5) is 18.9 Å². The Morgan fingerprint density at radius 3 is 2.29 bits per heavy atom. The molecule has 0 N–H and O–H groups in total. The van der Waals surface area contributed by atoms with Crippen molar-refractivity contribution in [2.45, 2.75) is 52.8 Å². The molecule has 0 bridgehead atoms. The Labute approximate surface area is 246 Å². The summed E-state index contributed by atoms with van der Waals surface area (Å²) in [6.07, 6.45) is -3.28. The highest BCUT2D eigenvalue weighted by atomic mass is 35.5. The number of allylic oxidation sites excluding steroid dienone is 2. The fourth-order valence-electron chi connectivity index (χ4n) is 4.68. The maximum atomic E-state index is 13.6. The van der Waals surface area contributed by atoms with Crippen LogP contribution < -0.4 is 23.8 Å². The van der Waals surface area contributed by atoms with Crippen LogP contribution in [0.1, 0.15) is 53.7 Å². The topological polar surface area (TPSA) is 101 Å². The largest absolute Gasteiger partial charge is 0.496 e. The van der Waals surface area contributed by atoms with E-state index in [0.717, 1.165) is 0 Å². The van der Waals surface area contributed by atoms with E-state index in [1.54, 1.807) is 26.0 Å². The van der Waals surface area contributed by atoms with Crippen LogP contribution >= 0.6 is 11.6 Å². The minimum atomic E-state index is -5.18. The summed E-state index contributed by atoms with van der Waals surface area (Å²) >= 11 is 6.27. The van der Waals surface area contributed by atoms with E-state index in [2.05, 4.69) is 0 Å². The van der Waals surface area contributed by atoms with Crippen LogP contribution in [0.2, 0.25) is 5.02 Å². The summed E-state index contributed by atoms with van der Waals surface area (Å²) in [6, 6.07) is 3.02. The van der Waals surface area contributed by atoms with Crippen LogP contribution in [-0.2, 0) is 27.4 Å². The van der Waals surface area contributed by atoms with Gasteiger partial charge in [0.2, 0.25) is 0 Å². The number of methoxy groups -OCH3 is 3. The number of carbonyl (C=O) groups is 3. The number of rotatable bonds is 11. The van der Waals surface area contributed by atoms with Gasteiger partial charge >= 0.3 is 24.0 Å². The average molecular weight is 614 g/mol. The Balaban J connectivity index is 1.90. The number of nitrogens with zero attached hydrogens (tertiary/aromatic N) is 1. The predicted molar refractivity (Wildman–Crippen MR) is 148 cm³/mol. The Hall–Kier alpha value is -3.93. The van der Waals surface area contributed by atoms with Crippen molar-refractivity contribution in [2.75, 3.05) is 32.8 Å². The van der Waals surface area contributed by atoms with Gasteiger partial charge in [-0.15, -0.1) is 0 Å². The van der Waals surface area contributed by atoms with Gasteiger partial charge in [-0.3, -0.25) is 9.59 Å². The summed E-state index contributed by atoms with van der Waals surface area (Å²) in [7, 11) is 4.19. The molecule has 1 aliphatic rings. The first-order valence-electron chi connectivity index (χ1n) is 12.8. The van der Waals surface area contributed by atoms with E-state index in [1.807, 2.05) is 0 Å². The van der Waals surface area contributed by atoms with Crippen molar-refractivity contribution in [2.24, 2.45) is 0 Å². The van der Waals surface area contributed by atoms with Gasteiger partial charge in [0.1, 0.15) is 17.4 Å². The Kier molecular flexibility index (Phi) is 10.4. The zero-order valence-electron chi connectivity index (χ0n) is 24.0. The lowest BCUT2D eigenvalue weighted by Crippen LogP contribution is -2.42. The molecule has 228 valence electrons. The summed E-state index contributed by atoms with van der Waals surface area (Å²) in [6.45, 7) is 4.27. The van der Waals surface area contributed by atoms with Crippen molar-refractivity contribution in [3.8, 4) is 23.0 Å². The SMILES string of the molecule is CCN(C(=O)C(F)(F)F)c1c(CC=C(C)CCC(=O)Oc2ccc(OC)c(OC)c2Cl)c(OC)c(C)c2c1C(=O)OC2. The summed E-state index contributed by atoms with van der Waals surface area (Å²) in [5.74, 6) is -2.62. The molecule has 0 aliphatic carbocycles. The number of fused-ring (bicyclic) bond motifs is 1. The monoisotopic (exact) mass is 613 g/mol. The van der Waals surface area contributed by atoms with E-state index in [4.69, 9.17) is 35.3 Å². The number of hydrogen-bond donors (Lipinski definition) is 0. The van der Waals surface area contributed by atoms with Gasteiger partial charge in [-0.2, -0.15) is 13.2 Å². The molecule has 1 heterocycles. The molecule has 9 nitrogen and oxygen atoms in total. The zero-order chi connectivity index (χ0) is 31.4. The van der Waals surface area contributed by atoms with E-state index in [0.29, 0.717) is 27.3 Å². The molecule has 3 rings (SSSR count). The van der Waals surface area contributed by atoms with Gasteiger partial charge in [-0.1, -0.05) is 23.3 Å². The summed E-state index contributed by atoms with van der Waals surface area (Å²) in [4.78, 5) is 38.2. The van der Waals surface area contributed by atoms with Crippen LogP contribution in [-0.4, -0.2) is 51.9 Å². The number of carbonyl (C=O) groups excluding carboxylic acids is 3. The van der Waals surface area contributed by atoms with Crippen molar-refractivity contribution >= 4 is 35.1 Å². The van der Waals surface area contributed by atoms with Crippen LogP contribution in [0.25, 0.3) is 0 Å². The number of cyclic esters (lactones) is 1. The number of halogens is 4. The Morgan fingerprint density at radius 2 is 1.71 bits per heavy atom. The normalized spacial score (nSPS) is 12.9. The Bertz CT molecular complexity index is 1420. The second-order valence-electron chi connectivity index (χ2n) is 9.30. The second kappa shape index (κ2) is 13.4. The smallest absolute Gasteiger partial charge is 0.471 e. The molecule has 0 saturated carbocycles. The third-order valence-electron chi connectivity index (χ3n) is 6.77. The number of alkyl halides is 3. The molecule has 0 unspecified atom stereocenters. The second-order valence-corrected chi connectivity index (χ2v) is 9.68. The molecule has 2 aromatic rings. The van der Waals surface area contributed by atoms with Gasteiger partial charge in [0.15, 0.2) is 17.2 Å². The van der Waals surface area contributed by atoms with Crippen LogP contribution in [0.3, 0.4) is 0 Å². The quantitative estimate of drug-likeness (QED) is 0.169. The highest BCUT2D eigenvalue weighted by Crippen LogP contribution is 2.44. The van der Waals surface area contributed by atoms with Gasteiger partial charge < -0.3 is 28.6 Å². The van der Waals surface area contributed by atoms with Gasteiger partial charge in [0.25, 0.3) is 0 Å². The van der Waals surface area contributed by atoms with Crippen molar-refractivity contribution in [3.63, 3.8) is 0 Å². The molecule has 0 saturated heterocycles. The lowest BCUT2D eigenvalue weighted by molar-refractivity contribution is -0.170. The minimum Gasteiger partial charge on any atom is -0.496 e. The number of hydrogen-bond acceptors (Lipinski definition) is 8. The molecule has 0 atom stereocenters. The number of ether oxygens (including phenoxy) is 5.